The van der Waals surface area contributed by atoms with Gasteiger partial charge in [0.15, 0.2) is 5.82 Å². The number of thiazole rings is 1. The van der Waals surface area contributed by atoms with Gasteiger partial charge in [-0.3, -0.25) is 4.79 Å². The van der Waals surface area contributed by atoms with Gasteiger partial charge in [-0.05, 0) is 25.0 Å². The summed E-state index contributed by atoms with van der Waals surface area (Å²) in [6, 6.07) is 1.01. The number of anilines is 1. The maximum Gasteiger partial charge on any atom is 0.246 e. The number of rotatable bonds is 4. The van der Waals surface area contributed by atoms with E-state index >= 15 is 8.78 Å². The van der Waals surface area contributed by atoms with Crippen molar-refractivity contribution in [1.82, 2.24) is 24.4 Å². The fraction of sp³-hybridized carbons (Fsp3) is 0.308. The molecule has 4 aromatic rings. The summed E-state index contributed by atoms with van der Waals surface area (Å²) >= 11 is 1.32. The monoisotopic (exact) mass is 520 g/mol. The van der Waals surface area contributed by atoms with Gasteiger partial charge in [0.1, 0.15) is 29.1 Å². The molecule has 1 atom stereocenters. The Morgan fingerprint density at radius 2 is 2.11 bits per heavy atom. The molecule has 4 heterocycles. The first-order chi connectivity index (χ1) is 17.9. The molecule has 8 nitrogen and oxygen atoms in total. The Morgan fingerprint density at radius 3 is 2.84 bits per heavy atom. The van der Waals surface area contributed by atoms with Crippen molar-refractivity contribution < 1.29 is 18.3 Å². The Balaban J connectivity index is 1.51. The van der Waals surface area contributed by atoms with Gasteiger partial charge < -0.3 is 19.9 Å². The van der Waals surface area contributed by atoms with Crippen LogP contribution in [0, 0.1) is 23.5 Å². The van der Waals surface area contributed by atoms with Gasteiger partial charge >= 0.3 is 0 Å². The standard InChI is InChI=1S/C26H22F2N6O2S/c1-3-20(35)33-10-18-16(21-24(29)30-12-31-25(21)34(18)9-14(33)11-36-2)7-6-15-17(27)8-19-23(22(15)28)32-26(37-19)13-4-5-13/h3,8,12-14H,1,4-5,9-11H2,2H3,(H2,29,30,31)/t14-/m0/s1. The molecule has 1 fully saturated rings. The van der Waals surface area contributed by atoms with Crippen LogP contribution in [0.4, 0.5) is 14.6 Å². The number of fused-ring (bicyclic) bond motifs is 4. The van der Waals surface area contributed by atoms with Gasteiger partial charge in [0.05, 0.1) is 51.1 Å². The lowest BCUT2D eigenvalue weighted by atomic mass is 10.1. The number of hydrogen-bond acceptors (Lipinski definition) is 7. The number of nitrogens with zero attached hydrogens (tertiary/aromatic N) is 5. The molecule has 2 N–H and O–H groups in total. The number of nitrogen functional groups attached to an aromatic ring is 1. The molecule has 6 rings (SSSR count). The zero-order valence-corrected chi connectivity index (χ0v) is 20.7. The summed E-state index contributed by atoms with van der Waals surface area (Å²) in [5.41, 5.74) is 7.57. The molecule has 11 heteroatoms. The van der Waals surface area contributed by atoms with E-state index < -0.39 is 11.6 Å². The number of carbonyl (C=O) groups is 1. The van der Waals surface area contributed by atoms with Gasteiger partial charge in [-0.15, -0.1) is 11.3 Å². The molecule has 0 radical (unpaired) electrons. The molecule has 0 bridgehead atoms. The van der Waals surface area contributed by atoms with Gasteiger partial charge in [0.2, 0.25) is 5.91 Å². The molecule has 3 aromatic heterocycles. The van der Waals surface area contributed by atoms with Crippen LogP contribution in [0.1, 0.15) is 40.6 Å². The average molecular weight is 521 g/mol. The third-order valence-electron chi connectivity index (χ3n) is 6.78. The van der Waals surface area contributed by atoms with Crippen LogP contribution >= 0.6 is 11.3 Å². The SMILES string of the molecule is C=CC(=O)N1Cc2c(C#Cc3c(F)cc4sc(C5CC5)nc4c3F)c3c(N)ncnc3n2C[C@H]1COC. The highest BCUT2D eigenvalue weighted by Gasteiger charge is 2.33. The first-order valence-corrected chi connectivity index (χ1v) is 12.6. The highest BCUT2D eigenvalue weighted by Crippen LogP contribution is 2.44. The summed E-state index contributed by atoms with van der Waals surface area (Å²) in [6.45, 7) is 4.44. The second-order valence-corrected chi connectivity index (χ2v) is 10.2. The van der Waals surface area contributed by atoms with E-state index in [2.05, 4.69) is 33.4 Å². The molecule has 1 amide bonds. The fourth-order valence-corrected chi connectivity index (χ4v) is 5.96. The van der Waals surface area contributed by atoms with Crippen molar-refractivity contribution in [2.75, 3.05) is 19.5 Å². The number of benzene rings is 1. The van der Waals surface area contributed by atoms with E-state index in [1.54, 1.807) is 12.0 Å². The van der Waals surface area contributed by atoms with Crippen LogP contribution in [0.3, 0.4) is 0 Å². The molecular weight excluding hydrogens is 498 g/mol. The number of halogens is 2. The van der Waals surface area contributed by atoms with E-state index in [1.807, 2.05) is 4.57 Å². The molecule has 2 aliphatic rings. The number of ether oxygens (including phenoxy) is 1. The molecular formula is C26H22F2N6O2S. The average Bonchev–Trinajstić information content (AvgIpc) is 3.58. The van der Waals surface area contributed by atoms with Gasteiger partial charge in [-0.25, -0.2) is 23.7 Å². The van der Waals surface area contributed by atoms with Crippen LogP contribution in [0.25, 0.3) is 21.3 Å². The number of nitrogens with two attached hydrogens (primary N) is 1. The van der Waals surface area contributed by atoms with Crippen LogP contribution in [-0.4, -0.2) is 50.1 Å². The molecule has 0 spiro atoms. The molecule has 188 valence electrons. The fourth-order valence-electron chi connectivity index (χ4n) is 4.81. The van der Waals surface area contributed by atoms with Crippen molar-refractivity contribution in [3.63, 3.8) is 0 Å². The van der Waals surface area contributed by atoms with Crippen molar-refractivity contribution in [2.45, 2.75) is 37.9 Å². The first-order valence-electron chi connectivity index (χ1n) is 11.7. The Kier molecular flexibility index (Phi) is 5.66. The maximum absolute atomic E-state index is 15.4. The maximum atomic E-state index is 15.4. The van der Waals surface area contributed by atoms with Crippen molar-refractivity contribution in [3.05, 3.63) is 58.5 Å². The quantitative estimate of drug-likeness (QED) is 0.325. The minimum atomic E-state index is -0.782. The summed E-state index contributed by atoms with van der Waals surface area (Å²) < 4.78 is 38.1. The summed E-state index contributed by atoms with van der Waals surface area (Å²) in [7, 11) is 1.56. The predicted molar refractivity (Wildman–Crippen MR) is 136 cm³/mol. The number of amides is 1. The van der Waals surface area contributed by atoms with Gasteiger partial charge in [0.25, 0.3) is 0 Å². The van der Waals surface area contributed by atoms with Crippen molar-refractivity contribution in [3.8, 4) is 11.8 Å². The number of methoxy groups -OCH3 is 1. The second kappa shape index (κ2) is 8.90. The zero-order chi connectivity index (χ0) is 25.8. The molecule has 1 aliphatic heterocycles. The number of carbonyl (C=O) groups excluding carboxylic acids is 1. The Labute approximate surface area is 214 Å². The van der Waals surface area contributed by atoms with E-state index in [0.29, 0.717) is 46.1 Å². The first kappa shape index (κ1) is 23.5. The topological polar surface area (TPSA) is 99.2 Å². The van der Waals surface area contributed by atoms with Crippen molar-refractivity contribution in [2.24, 2.45) is 0 Å². The summed E-state index contributed by atoms with van der Waals surface area (Å²) in [5, 5.41) is 1.30. The largest absolute Gasteiger partial charge is 0.383 e. The smallest absolute Gasteiger partial charge is 0.246 e. The van der Waals surface area contributed by atoms with Crippen molar-refractivity contribution >= 4 is 44.3 Å². The minimum Gasteiger partial charge on any atom is -0.383 e. The lowest BCUT2D eigenvalue weighted by Gasteiger charge is -2.36. The summed E-state index contributed by atoms with van der Waals surface area (Å²) in [4.78, 5) is 27.2. The molecule has 1 aromatic carbocycles. The van der Waals surface area contributed by atoms with E-state index in [9.17, 15) is 4.79 Å². The lowest BCUT2D eigenvalue weighted by Crippen LogP contribution is -2.48. The molecule has 1 aliphatic carbocycles. The highest BCUT2D eigenvalue weighted by atomic mass is 32.1. The second-order valence-electron chi connectivity index (χ2n) is 9.14. The van der Waals surface area contributed by atoms with Crippen LogP contribution < -0.4 is 5.73 Å². The Hall–Kier alpha value is -3.88. The zero-order valence-electron chi connectivity index (χ0n) is 19.9. The van der Waals surface area contributed by atoms with Crippen LogP contribution in [-0.2, 0) is 22.6 Å². The van der Waals surface area contributed by atoms with E-state index in [-0.39, 0.29) is 35.4 Å². The van der Waals surface area contributed by atoms with Crippen LogP contribution in [0.2, 0.25) is 0 Å². The molecule has 0 unspecified atom stereocenters. The van der Waals surface area contributed by atoms with Crippen molar-refractivity contribution in [1.29, 1.82) is 0 Å². The molecule has 37 heavy (non-hydrogen) atoms. The van der Waals surface area contributed by atoms with Gasteiger partial charge in [-0.2, -0.15) is 0 Å². The summed E-state index contributed by atoms with van der Waals surface area (Å²) in [5.74, 6) is 4.33. The van der Waals surface area contributed by atoms with Gasteiger partial charge in [0, 0.05) is 19.6 Å². The minimum absolute atomic E-state index is 0.134. The highest BCUT2D eigenvalue weighted by molar-refractivity contribution is 7.18. The normalized spacial score (nSPS) is 17.1. The molecule has 1 saturated carbocycles. The number of hydrogen-bond donors (Lipinski definition) is 1. The van der Waals surface area contributed by atoms with E-state index in [0.717, 1.165) is 17.8 Å². The Morgan fingerprint density at radius 1 is 1.32 bits per heavy atom. The third kappa shape index (κ3) is 3.84. The van der Waals surface area contributed by atoms with Crippen LogP contribution in [0.15, 0.2) is 25.0 Å². The van der Waals surface area contributed by atoms with Gasteiger partial charge in [-0.1, -0.05) is 18.4 Å². The molecule has 0 saturated heterocycles. The lowest BCUT2D eigenvalue weighted by molar-refractivity contribution is -0.131. The van der Waals surface area contributed by atoms with Crippen LogP contribution in [0.5, 0.6) is 0 Å². The third-order valence-corrected chi connectivity index (χ3v) is 7.95. The van der Waals surface area contributed by atoms with E-state index in [4.69, 9.17) is 10.5 Å². The van der Waals surface area contributed by atoms with E-state index in [1.165, 1.54) is 29.8 Å². The number of aromatic nitrogens is 4. The predicted octanol–water partition coefficient (Wildman–Crippen LogP) is 3.72. The summed E-state index contributed by atoms with van der Waals surface area (Å²) in [6.07, 6.45) is 4.62. The Bertz CT molecular complexity index is 1660.